The van der Waals surface area contributed by atoms with Gasteiger partial charge in [0.25, 0.3) is 0 Å². The van der Waals surface area contributed by atoms with Crippen molar-refractivity contribution in [3.05, 3.63) is 24.3 Å². The molecule has 4 nitrogen and oxygen atoms in total. The second-order valence-electron chi connectivity index (χ2n) is 15.5. The maximum atomic E-state index is 12.4. The normalized spacial score (nSPS) is 13.1. The Morgan fingerprint density at radius 2 is 0.860 bits per heavy atom. The average molecular weight is 704 g/mol. The summed E-state index contributed by atoms with van der Waals surface area (Å²) in [5, 5.41) is 23.2. The van der Waals surface area contributed by atoms with Crippen LogP contribution in [0.1, 0.15) is 245 Å². The zero-order valence-electron chi connectivity index (χ0n) is 33.9. The summed E-state index contributed by atoms with van der Waals surface area (Å²) in [7, 11) is 0. The fourth-order valence-corrected chi connectivity index (χ4v) is 6.99. The molecule has 0 aliphatic rings. The minimum Gasteiger partial charge on any atom is -0.394 e. The largest absolute Gasteiger partial charge is 0.394 e. The quantitative estimate of drug-likeness (QED) is 0.0438. The first kappa shape index (κ1) is 48.9. The summed E-state index contributed by atoms with van der Waals surface area (Å²) in [4.78, 5) is 12.4. The predicted octanol–water partition coefficient (Wildman–Crippen LogP) is 14.0. The lowest BCUT2D eigenvalue weighted by molar-refractivity contribution is -0.123. The molecule has 2 unspecified atom stereocenters. The highest BCUT2D eigenvalue weighted by Gasteiger charge is 2.20. The van der Waals surface area contributed by atoms with Crippen LogP contribution < -0.4 is 5.32 Å². The summed E-state index contributed by atoms with van der Waals surface area (Å²) >= 11 is 0. The van der Waals surface area contributed by atoms with Crippen LogP contribution in [0, 0.1) is 0 Å². The molecule has 0 aromatic heterocycles. The lowest BCUT2D eigenvalue weighted by Gasteiger charge is -2.22. The van der Waals surface area contributed by atoms with Crippen molar-refractivity contribution in [2.75, 3.05) is 6.61 Å². The third-order valence-electron chi connectivity index (χ3n) is 10.4. The second kappa shape index (κ2) is 42.3. The highest BCUT2D eigenvalue weighted by Crippen LogP contribution is 2.17. The fourth-order valence-electron chi connectivity index (χ4n) is 6.99. The van der Waals surface area contributed by atoms with E-state index in [1.54, 1.807) is 0 Å². The summed E-state index contributed by atoms with van der Waals surface area (Å²) < 4.78 is 0. The van der Waals surface area contributed by atoms with E-state index in [1.807, 2.05) is 0 Å². The summed E-state index contributed by atoms with van der Waals surface area (Å²) in [6, 6.07) is -0.541. The first-order chi connectivity index (χ1) is 24.7. The Bertz CT molecular complexity index is 720. The van der Waals surface area contributed by atoms with E-state index < -0.39 is 12.1 Å². The minimum absolute atomic E-state index is 0.0445. The van der Waals surface area contributed by atoms with Gasteiger partial charge >= 0.3 is 0 Å². The molecule has 0 rings (SSSR count). The van der Waals surface area contributed by atoms with E-state index in [0.29, 0.717) is 12.8 Å². The highest BCUT2D eigenvalue weighted by atomic mass is 16.3. The molecule has 0 aliphatic carbocycles. The van der Waals surface area contributed by atoms with Gasteiger partial charge in [-0.15, -0.1) is 0 Å². The third-order valence-corrected chi connectivity index (χ3v) is 10.4. The zero-order chi connectivity index (χ0) is 36.4. The minimum atomic E-state index is -0.663. The number of hydrogen-bond acceptors (Lipinski definition) is 3. The van der Waals surface area contributed by atoms with Gasteiger partial charge in [0, 0.05) is 6.42 Å². The van der Waals surface area contributed by atoms with Gasteiger partial charge in [0.05, 0.1) is 18.8 Å². The predicted molar refractivity (Wildman–Crippen MR) is 221 cm³/mol. The van der Waals surface area contributed by atoms with E-state index in [0.717, 1.165) is 44.9 Å². The van der Waals surface area contributed by atoms with Gasteiger partial charge < -0.3 is 15.5 Å². The maximum Gasteiger partial charge on any atom is 0.220 e. The van der Waals surface area contributed by atoms with Crippen LogP contribution in [0.25, 0.3) is 0 Å². The Balaban J connectivity index is 3.45. The van der Waals surface area contributed by atoms with Crippen LogP contribution in [-0.4, -0.2) is 34.9 Å². The van der Waals surface area contributed by atoms with Crippen LogP contribution in [0.3, 0.4) is 0 Å². The number of aliphatic hydroxyl groups is 2. The van der Waals surface area contributed by atoms with Crippen molar-refractivity contribution in [1.29, 1.82) is 0 Å². The van der Waals surface area contributed by atoms with Gasteiger partial charge in [0.1, 0.15) is 0 Å². The molecule has 0 aliphatic heterocycles. The molecule has 0 bridgehead atoms. The molecule has 0 radical (unpaired) electrons. The molecule has 0 aromatic carbocycles. The Morgan fingerprint density at radius 1 is 0.480 bits per heavy atom. The molecule has 0 heterocycles. The van der Waals surface area contributed by atoms with Gasteiger partial charge in [0.15, 0.2) is 0 Å². The molecule has 3 N–H and O–H groups in total. The highest BCUT2D eigenvalue weighted by molar-refractivity contribution is 5.76. The Labute approximate surface area is 313 Å². The molecule has 296 valence electrons. The average Bonchev–Trinajstić information content (AvgIpc) is 3.12. The lowest BCUT2D eigenvalue weighted by atomic mass is 10.0. The van der Waals surface area contributed by atoms with E-state index in [1.165, 1.54) is 173 Å². The molecule has 4 heteroatoms. The molecule has 0 aromatic rings. The van der Waals surface area contributed by atoms with Crippen LogP contribution in [0.2, 0.25) is 0 Å². The molecular weight excluding hydrogens is 615 g/mol. The molecular formula is C46H89NO3. The third kappa shape index (κ3) is 38.1. The lowest BCUT2D eigenvalue weighted by Crippen LogP contribution is -2.45. The number of carbonyl (C=O) groups excluding carboxylic acids is 1. The molecule has 0 fully saturated rings. The molecule has 50 heavy (non-hydrogen) atoms. The number of amides is 1. The van der Waals surface area contributed by atoms with Crippen LogP contribution in [0.5, 0.6) is 0 Å². The van der Waals surface area contributed by atoms with Crippen molar-refractivity contribution in [2.24, 2.45) is 0 Å². The van der Waals surface area contributed by atoms with Gasteiger partial charge in [-0.05, 0) is 38.5 Å². The molecule has 2 atom stereocenters. The van der Waals surface area contributed by atoms with Crippen molar-refractivity contribution in [2.45, 2.75) is 257 Å². The fraction of sp³-hybridized carbons (Fsp3) is 0.891. The number of nitrogens with one attached hydrogen (secondary N) is 1. The standard InChI is InChI=1S/C46H89NO3/c1-3-5-7-9-11-13-15-17-18-19-20-21-22-23-24-25-26-27-28-30-31-33-35-37-39-41-45(49)44(43-48)47-46(50)42-40-38-36-34-32-29-16-14-12-10-8-6-4-2/h8,10,14,16,44-45,48-49H,3-7,9,11-13,15,17-43H2,1-2H3,(H,47,50)/b10-8-,16-14-. The number of hydrogen-bond donors (Lipinski definition) is 3. The number of allylic oxidation sites excluding steroid dienone is 4. The van der Waals surface area contributed by atoms with E-state index in [-0.39, 0.29) is 12.5 Å². The molecule has 0 saturated heterocycles. The Kier molecular flexibility index (Phi) is 41.3. The van der Waals surface area contributed by atoms with Gasteiger partial charge in [-0.1, -0.05) is 224 Å². The number of aliphatic hydroxyl groups excluding tert-OH is 2. The van der Waals surface area contributed by atoms with Gasteiger partial charge in [-0.3, -0.25) is 4.79 Å². The first-order valence-corrected chi connectivity index (χ1v) is 22.5. The van der Waals surface area contributed by atoms with Crippen LogP contribution in [0.15, 0.2) is 24.3 Å². The number of unbranched alkanes of at least 4 members (excludes halogenated alkanes) is 30. The van der Waals surface area contributed by atoms with Gasteiger partial charge in [0.2, 0.25) is 5.91 Å². The Morgan fingerprint density at radius 3 is 1.28 bits per heavy atom. The van der Waals surface area contributed by atoms with Gasteiger partial charge in [-0.2, -0.15) is 0 Å². The SMILES string of the molecule is CCC/C=C\C/C=C\CCCCCCCC(=O)NC(CO)C(O)CCCCCCCCCCCCCCCCCCCCCCCCCCC. The first-order valence-electron chi connectivity index (χ1n) is 22.5. The summed E-state index contributed by atoms with van der Waals surface area (Å²) in [6.45, 7) is 4.30. The van der Waals surface area contributed by atoms with E-state index in [2.05, 4.69) is 43.5 Å². The van der Waals surface area contributed by atoms with Crippen molar-refractivity contribution < 1.29 is 15.0 Å². The van der Waals surface area contributed by atoms with Crippen molar-refractivity contribution in [3.63, 3.8) is 0 Å². The molecule has 0 spiro atoms. The number of carbonyl (C=O) groups is 1. The van der Waals surface area contributed by atoms with Crippen molar-refractivity contribution >= 4 is 5.91 Å². The van der Waals surface area contributed by atoms with E-state index in [9.17, 15) is 15.0 Å². The monoisotopic (exact) mass is 704 g/mol. The van der Waals surface area contributed by atoms with Crippen LogP contribution in [0.4, 0.5) is 0 Å². The van der Waals surface area contributed by atoms with Crippen molar-refractivity contribution in [1.82, 2.24) is 5.32 Å². The van der Waals surface area contributed by atoms with Gasteiger partial charge in [-0.25, -0.2) is 0 Å². The summed E-state index contributed by atoms with van der Waals surface area (Å²) in [6.07, 6.45) is 54.1. The second-order valence-corrected chi connectivity index (χ2v) is 15.5. The smallest absolute Gasteiger partial charge is 0.220 e. The van der Waals surface area contributed by atoms with E-state index in [4.69, 9.17) is 0 Å². The molecule has 0 saturated carbocycles. The number of rotatable bonds is 41. The topological polar surface area (TPSA) is 69.6 Å². The summed E-state index contributed by atoms with van der Waals surface area (Å²) in [5.41, 5.74) is 0. The van der Waals surface area contributed by atoms with Crippen LogP contribution in [-0.2, 0) is 4.79 Å². The van der Waals surface area contributed by atoms with E-state index >= 15 is 0 Å². The maximum absolute atomic E-state index is 12.4. The van der Waals surface area contributed by atoms with Crippen molar-refractivity contribution in [3.8, 4) is 0 Å². The molecule has 1 amide bonds. The zero-order valence-corrected chi connectivity index (χ0v) is 33.9. The van der Waals surface area contributed by atoms with Crippen LogP contribution >= 0.6 is 0 Å². The Hall–Kier alpha value is -1.13. The summed E-state index contributed by atoms with van der Waals surface area (Å²) in [5.74, 6) is -0.0445.